The first-order valence-electron chi connectivity index (χ1n) is 7.12. The maximum atomic E-state index is 9.86. The summed E-state index contributed by atoms with van der Waals surface area (Å²) in [6, 6.07) is 7.92. The van der Waals surface area contributed by atoms with Crippen LogP contribution in [-0.2, 0) is 20.0 Å². The van der Waals surface area contributed by atoms with Gasteiger partial charge in [0.05, 0.1) is 6.54 Å². The van der Waals surface area contributed by atoms with Gasteiger partial charge in [0.15, 0.2) is 5.82 Å². The third kappa shape index (κ3) is 5.17. The van der Waals surface area contributed by atoms with Gasteiger partial charge in [0.25, 0.3) is 0 Å². The molecule has 0 aliphatic carbocycles. The van der Waals surface area contributed by atoms with Crippen molar-refractivity contribution in [1.29, 1.82) is 0 Å². The molecule has 1 atom stereocenters. The minimum absolute atomic E-state index is 0.258. The number of ether oxygens (including phenoxy) is 1. The van der Waals surface area contributed by atoms with Crippen LogP contribution in [0.25, 0.3) is 0 Å². The average molecular weight is 290 g/mol. The van der Waals surface area contributed by atoms with E-state index >= 15 is 0 Å². The number of hydrogen-bond acceptors (Lipinski definition) is 5. The standard InChI is InChI=1S/C15H22N4O2/c1-3-12-4-6-14(7-5-12)21-10-13(20)8-16-9-15-17-11-19(2)18-15/h4-7,11,13,16,20H,3,8-10H2,1-2H3. The topological polar surface area (TPSA) is 72.2 Å². The molecule has 0 aliphatic rings. The van der Waals surface area contributed by atoms with Crippen LogP contribution in [-0.4, -0.2) is 39.1 Å². The summed E-state index contributed by atoms with van der Waals surface area (Å²) >= 11 is 0. The zero-order chi connectivity index (χ0) is 15.1. The Kier molecular flexibility index (Phi) is 5.71. The molecule has 1 heterocycles. The molecule has 0 bridgehead atoms. The van der Waals surface area contributed by atoms with Gasteiger partial charge in [-0.25, -0.2) is 4.98 Å². The molecule has 0 saturated heterocycles. The lowest BCUT2D eigenvalue weighted by atomic mass is 10.2. The van der Waals surface area contributed by atoms with E-state index in [0.717, 1.165) is 12.2 Å². The number of aliphatic hydroxyl groups excluding tert-OH is 1. The summed E-state index contributed by atoms with van der Waals surface area (Å²) in [4.78, 5) is 4.10. The zero-order valence-electron chi connectivity index (χ0n) is 12.5. The van der Waals surface area contributed by atoms with E-state index in [9.17, 15) is 5.11 Å². The third-order valence-electron chi connectivity index (χ3n) is 3.08. The molecular weight excluding hydrogens is 268 g/mol. The van der Waals surface area contributed by atoms with Gasteiger partial charge < -0.3 is 15.2 Å². The van der Waals surface area contributed by atoms with Crippen LogP contribution in [0.5, 0.6) is 5.75 Å². The van der Waals surface area contributed by atoms with Crippen molar-refractivity contribution in [3.8, 4) is 5.75 Å². The number of nitrogens with zero attached hydrogens (tertiary/aromatic N) is 3. The average Bonchev–Trinajstić information content (AvgIpc) is 2.91. The van der Waals surface area contributed by atoms with Crippen molar-refractivity contribution in [3.63, 3.8) is 0 Å². The van der Waals surface area contributed by atoms with Gasteiger partial charge in [-0.1, -0.05) is 19.1 Å². The van der Waals surface area contributed by atoms with Gasteiger partial charge in [-0.15, -0.1) is 0 Å². The van der Waals surface area contributed by atoms with E-state index < -0.39 is 6.10 Å². The van der Waals surface area contributed by atoms with E-state index in [1.54, 1.807) is 11.0 Å². The van der Waals surface area contributed by atoms with Gasteiger partial charge in [-0.2, -0.15) is 5.10 Å². The molecule has 0 aliphatic heterocycles. The first-order valence-corrected chi connectivity index (χ1v) is 7.12. The second-order valence-corrected chi connectivity index (χ2v) is 4.93. The van der Waals surface area contributed by atoms with E-state index in [1.165, 1.54) is 5.56 Å². The fraction of sp³-hybridized carbons (Fsp3) is 0.467. The van der Waals surface area contributed by atoms with Crippen LogP contribution in [0, 0.1) is 0 Å². The highest BCUT2D eigenvalue weighted by molar-refractivity contribution is 5.27. The second kappa shape index (κ2) is 7.75. The number of nitrogens with one attached hydrogen (secondary N) is 1. The van der Waals surface area contributed by atoms with Crippen molar-refractivity contribution in [2.45, 2.75) is 26.0 Å². The molecule has 0 fully saturated rings. The highest BCUT2D eigenvalue weighted by Crippen LogP contribution is 2.12. The summed E-state index contributed by atoms with van der Waals surface area (Å²) < 4.78 is 7.20. The quantitative estimate of drug-likeness (QED) is 0.756. The van der Waals surface area contributed by atoms with Crippen molar-refractivity contribution in [2.75, 3.05) is 13.2 Å². The molecule has 2 rings (SSSR count). The Bertz CT molecular complexity index is 539. The van der Waals surface area contributed by atoms with Gasteiger partial charge in [0.1, 0.15) is 24.8 Å². The van der Waals surface area contributed by atoms with Gasteiger partial charge in [0, 0.05) is 13.6 Å². The van der Waals surface area contributed by atoms with Crippen LogP contribution >= 0.6 is 0 Å². The highest BCUT2D eigenvalue weighted by Gasteiger charge is 2.06. The minimum atomic E-state index is -0.570. The van der Waals surface area contributed by atoms with E-state index in [-0.39, 0.29) is 6.61 Å². The number of aliphatic hydroxyl groups is 1. The largest absolute Gasteiger partial charge is 0.491 e. The maximum Gasteiger partial charge on any atom is 0.164 e. The van der Waals surface area contributed by atoms with E-state index in [0.29, 0.717) is 18.9 Å². The second-order valence-electron chi connectivity index (χ2n) is 4.93. The molecule has 21 heavy (non-hydrogen) atoms. The fourth-order valence-electron chi connectivity index (χ4n) is 1.89. The normalized spacial score (nSPS) is 12.3. The number of benzene rings is 1. The van der Waals surface area contributed by atoms with Gasteiger partial charge in [-0.05, 0) is 24.1 Å². The van der Waals surface area contributed by atoms with Crippen molar-refractivity contribution in [3.05, 3.63) is 42.0 Å². The van der Waals surface area contributed by atoms with Crippen LogP contribution in [0.2, 0.25) is 0 Å². The number of aromatic nitrogens is 3. The summed E-state index contributed by atoms with van der Waals surface area (Å²) in [6.07, 6.45) is 2.09. The summed E-state index contributed by atoms with van der Waals surface area (Å²) in [5.74, 6) is 1.48. The Morgan fingerprint density at radius 2 is 2.10 bits per heavy atom. The van der Waals surface area contributed by atoms with Crippen molar-refractivity contribution in [1.82, 2.24) is 20.1 Å². The Morgan fingerprint density at radius 3 is 2.71 bits per heavy atom. The lowest BCUT2D eigenvalue weighted by molar-refractivity contribution is 0.106. The highest BCUT2D eigenvalue weighted by atomic mass is 16.5. The molecule has 0 saturated carbocycles. The molecule has 1 aromatic carbocycles. The molecular formula is C15H22N4O2. The summed E-state index contributed by atoms with van der Waals surface area (Å²) in [5, 5.41) is 17.1. The molecule has 6 heteroatoms. The molecule has 2 N–H and O–H groups in total. The van der Waals surface area contributed by atoms with Crippen LogP contribution in [0.1, 0.15) is 18.3 Å². The Balaban J connectivity index is 1.65. The van der Waals surface area contributed by atoms with E-state index in [1.807, 2.05) is 31.3 Å². The Labute approximate surface area is 124 Å². The van der Waals surface area contributed by atoms with Gasteiger partial charge in [0.2, 0.25) is 0 Å². The Hall–Kier alpha value is -1.92. The van der Waals surface area contributed by atoms with Gasteiger partial charge in [-0.3, -0.25) is 4.68 Å². The fourth-order valence-corrected chi connectivity index (χ4v) is 1.89. The molecule has 114 valence electrons. The van der Waals surface area contributed by atoms with Crippen LogP contribution in [0.3, 0.4) is 0 Å². The monoisotopic (exact) mass is 290 g/mol. The molecule has 2 aromatic rings. The van der Waals surface area contributed by atoms with Crippen LogP contribution < -0.4 is 10.1 Å². The lowest BCUT2D eigenvalue weighted by Gasteiger charge is -2.13. The lowest BCUT2D eigenvalue weighted by Crippen LogP contribution is -2.31. The predicted molar refractivity (Wildman–Crippen MR) is 80.0 cm³/mol. The number of hydrogen-bond donors (Lipinski definition) is 2. The predicted octanol–water partition coefficient (Wildman–Crippen LogP) is 0.907. The summed E-state index contributed by atoms with van der Waals surface area (Å²) in [6.45, 7) is 3.34. The first kappa shape index (κ1) is 15.5. The van der Waals surface area contributed by atoms with E-state index in [4.69, 9.17) is 4.74 Å². The van der Waals surface area contributed by atoms with Crippen molar-refractivity contribution in [2.24, 2.45) is 7.05 Å². The third-order valence-corrected chi connectivity index (χ3v) is 3.08. The molecule has 0 radical (unpaired) electrons. The van der Waals surface area contributed by atoms with Gasteiger partial charge >= 0.3 is 0 Å². The zero-order valence-corrected chi connectivity index (χ0v) is 12.5. The minimum Gasteiger partial charge on any atom is -0.491 e. The smallest absolute Gasteiger partial charge is 0.164 e. The van der Waals surface area contributed by atoms with Crippen LogP contribution in [0.15, 0.2) is 30.6 Å². The Morgan fingerprint density at radius 1 is 1.33 bits per heavy atom. The SMILES string of the molecule is CCc1ccc(OCC(O)CNCc2ncn(C)n2)cc1. The molecule has 6 nitrogen and oxygen atoms in total. The number of rotatable bonds is 8. The molecule has 0 amide bonds. The van der Waals surface area contributed by atoms with Crippen molar-refractivity contribution < 1.29 is 9.84 Å². The first-order chi connectivity index (χ1) is 10.2. The van der Waals surface area contributed by atoms with Crippen LogP contribution in [0.4, 0.5) is 0 Å². The summed E-state index contributed by atoms with van der Waals surface area (Å²) in [7, 11) is 1.82. The van der Waals surface area contributed by atoms with E-state index in [2.05, 4.69) is 22.3 Å². The molecule has 1 aromatic heterocycles. The maximum absolute atomic E-state index is 9.86. The molecule has 0 spiro atoms. The van der Waals surface area contributed by atoms with Crippen molar-refractivity contribution >= 4 is 0 Å². The summed E-state index contributed by atoms with van der Waals surface area (Å²) in [5.41, 5.74) is 1.27. The number of aryl methyl sites for hydroxylation is 2. The molecule has 1 unspecified atom stereocenters.